The molecule has 1 aromatic heterocycles. The van der Waals surface area contributed by atoms with Crippen molar-refractivity contribution in [2.45, 2.75) is 12.5 Å². The van der Waals surface area contributed by atoms with Crippen LogP contribution in [0.25, 0.3) is 0 Å². The van der Waals surface area contributed by atoms with Crippen LogP contribution in [0.1, 0.15) is 18.0 Å². The largest absolute Gasteiger partial charge is 0.465 e. The van der Waals surface area contributed by atoms with Crippen molar-refractivity contribution in [1.82, 2.24) is 4.90 Å². The molecule has 1 saturated heterocycles. The molecule has 1 unspecified atom stereocenters. The number of amides is 1. The van der Waals surface area contributed by atoms with E-state index in [0.29, 0.717) is 24.1 Å². The van der Waals surface area contributed by atoms with Gasteiger partial charge in [-0.15, -0.1) is 11.3 Å². The maximum atomic E-state index is 11.2. The summed E-state index contributed by atoms with van der Waals surface area (Å²) >= 11 is 7.45. The molecule has 0 radical (unpaired) electrons. The van der Waals surface area contributed by atoms with E-state index in [1.165, 1.54) is 16.2 Å². The van der Waals surface area contributed by atoms with Gasteiger partial charge in [0.15, 0.2) is 0 Å². The highest BCUT2D eigenvalue weighted by molar-refractivity contribution is 7.14. The van der Waals surface area contributed by atoms with E-state index in [1.54, 1.807) is 0 Å². The minimum Gasteiger partial charge on any atom is -0.465 e. The van der Waals surface area contributed by atoms with E-state index in [4.69, 9.17) is 21.4 Å². The number of carboxylic acid groups (broad SMARTS) is 1. The van der Waals surface area contributed by atoms with E-state index in [1.807, 2.05) is 11.4 Å². The lowest BCUT2D eigenvalue weighted by molar-refractivity contribution is 0.0906. The van der Waals surface area contributed by atoms with Gasteiger partial charge < -0.3 is 9.84 Å². The topological polar surface area (TPSA) is 49.8 Å². The van der Waals surface area contributed by atoms with Crippen molar-refractivity contribution >= 4 is 29.0 Å². The summed E-state index contributed by atoms with van der Waals surface area (Å²) in [6.07, 6.45) is -0.192. The third-order valence-electron chi connectivity index (χ3n) is 2.59. The molecule has 0 spiro atoms. The molecule has 4 nitrogen and oxygen atoms in total. The van der Waals surface area contributed by atoms with Crippen LogP contribution >= 0.6 is 22.9 Å². The Hall–Kier alpha value is -0.780. The van der Waals surface area contributed by atoms with Gasteiger partial charge in [-0.25, -0.2) is 4.79 Å². The van der Waals surface area contributed by atoms with Crippen molar-refractivity contribution in [2.75, 3.05) is 19.8 Å². The summed E-state index contributed by atoms with van der Waals surface area (Å²) in [6.45, 7) is 1.47. The second kappa shape index (κ2) is 5.03. The van der Waals surface area contributed by atoms with Crippen molar-refractivity contribution in [1.29, 1.82) is 0 Å². The van der Waals surface area contributed by atoms with E-state index in [0.717, 1.165) is 12.0 Å². The first-order valence-electron chi connectivity index (χ1n) is 5.00. The van der Waals surface area contributed by atoms with Gasteiger partial charge in [0.2, 0.25) is 0 Å². The summed E-state index contributed by atoms with van der Waals surface area (Å²) in [6, 6.07) is 1.58. The third-order valence-corrected chi connectivity index (χ3v) is 3.79. The second-order valence-electron chi connectivity index (χ2n) is 3.57. The second-order valence-corrected chi connectivity index (χ2v) is 5.09. The van der Waals surface area contributed by atoms with Gasteiger partial charge in [0.25, 0.3) is 0 Å². The molecule has 1 aromatic rings. The molecule has 1 amide bonds. The predicted octanol–water partition coefficient (Wildman–Crippen LogP) is 2.84. The van der Waals surface area contributed by atoms with Crippen molar-refractivity contribution in [3.8, 4) is 0 Å². The molecular weight excluding hydrogens is 250 g/mol. The quantitative estimate of drug-likeness (QED) is 0.846. The van der Waals surface area contributed by atoms with Crippen LogP contribution in [0.4, 0.5) is 4.79 Å². The SMILES string of the molecule is O=C(O)N1CCCOCC1c1ccsc1Cl. The summed E-state index contributed by atoms with van der Waals surface area (Å²) in [7, 11) is 0. The number of nitrogens with zero attached hydrogens (tertiary/aromatic N) is 1. The molecular formula is C10H12ClNO3S. The Bertz CT molecular complexity index is 382. The minimum absolute atomic E-state index is 0.279. The van der Waals surface area contributed by atoms with E-state index >= 15 is 0 Å². The van der Waals surface area contributed by atoms with Crippen LogP contribution in [0.15, 0.2) is 11.4 Å². The zero-order valence-electron chi connectivity index (χ0n) is 8.56. The molecule has 1 aliphatic rings. The number of halogens is 1. The van der Waals surface area contributed by atoms with Crippen LogP contribution in [-0.2, 0) is 4.74 Å². The molecule has 0 saturated carbocycles. The Morgan fingerprint density at radius 1 is 1.69 bits per heavy atom. The van der Waals surface area contributed by atoms with E-state index < -0.39 is 6.09 Å². The van der Waals surface area contributed by atoms with Crippen molar-refractivity contribution in [2.24, 2.45) is 0 Å². The fourth-order valence-electron chi connectivity index (χ4n) is 1.81. The Morgan fingerprint density at radius 2 is 2.50 bits per heavy atom. The average Bonchev–Trinajstić information content (AvgIpc) is 2.54. The number of hydrogen-bond acceptors (Lipinski definition) is 3. The molecule has 88 valence electrons. The molecule has 16 heavy (non-hydrogen) atoms. The standard InChI is InChI=1S/C10H12ClNO3S/c11-9-7(2-5-16-9)8-6-15-4-1-3-12(8)10(13)14/h2,5,8H,1,3-4,6H2,(H,13,14). The van der Waals surface area contributed by atoms with Crippen LogP contribution in [0.5, 0.6) is 0 Å². The number of carbonyl (C=O) groups is 1. The van der Waals surface area contributed by atoms with Gasteiger partial charge in [-0.2, -0.15) is 0 Å². The molecule has 2 rings (SSSR count). The molecule has 2 heterocycles. The summed E-state index contributed by atoms with van der Waals surface area (Å²) in [5.41, 5.74) is 0.843. The first-order valence-corrected chi connectivity index (χ1v) is 6.26. The van der Waals surface area contributed by atoms with Crippen molar-refractivity contribution < 1.29 is 14.6 Å². The van der Waals surface area contributed by atoms with Crippen LogP contribution < -0.4 is 0 Å². The first kappa shape index (κ1) is 11.7. The summed E-state index contributed by atoms with van der Waals surface area (Å²) < 4.78 is 6.05. The smallest absolute Gasteiger partial charge is 0.407 e. The van der Waals surface area contributed by atoms with Crippen LogP contribution in [0, 0.1) is 0 Å². The van der Waals surface area contributed by atoms with E-state index in [2.05, 4.69) is 0 Å². The molecule has 6 heteroatoms. The Balaban J connectivity index is 2.27. The van der Waals surface area contributed by atoms with Gasteiger partial charge >= 0.3 is 6.09 Å². The zero-order chi connectivity index (χ0) is 11.5. The highest BCUT2D eigenvalue weighted by atomic mass is 35.5. The van der Waals surface area contributed by atoms with Crippen LogP contribution in [0.2, 0.25) is 4.34 Å². The number of thiophene rings is 1. The number of rotatable bonds is 1. The Morgan fingerprint density at radius 3 is 3.12 bits per heavy atom. The van der Waals surface area contributed by atoms with Gasteiger partial charge in [-0.05, 0) is 17.9 Å². The van der Waals surface area contributed by atoms with Gasteiger partial charge in [0.05, 0.1) is 17.0 Å². The molecule has 1 fully saturated rings. The monoisotopic (exact) mass is 261 g/mol. The maximum absolute atomic E-state index is 11.2. The average molecular weight is 262 g/mol. The van der Waals surface area contributed by atoms with Crippen molar-refractivity contribution in [3.05, 3.63) is 21.3 Å². The summed E-state index contributed by atoms with van der Waals surface area (Å²) in [5, 5.41) is 11.0. The summed E-state index contributed by atoms with van der Waals surface area (Å²) in [4.78, 5) is 12.6. The number of ether oxygens (including phenoxy) is 1. The zero-order valence-corrected chi connectivity index (χ0v) is 10.1. The van der Waals surface area contributed by atoms with Crippen molar-refractivity contribution in [3.63, 3.8) is 0 Å². The molecule has 0 bridgehead atoms. The maximum Gasteiger partial charge on any atom is 0.407 e. The minimum atomic E-state index is -0.919. The van der Waals surface area contributed by atoms with E-state index in [-0.39, 0.29) is 6.04 Å². The lowest BCUT2D eigenvalue weighted by Gasteiger charge is -2.26. The van der Waals surface area contributed by atoms with Gasteiger partial charge in [-0.1, -0.05) is 11.6 Å². The van der Waals surface area contributed by atoms with E-state index in [9.17, 15) is 4.79 Å². The Kier molecular flexibility index (Phi) is 3.68. The lowest BCUT2D eigenvalue weighted by atomic mass is 10.1. The van der Waals surface area contributed by atoms with Crippen LogP contribution in [-0.4, -0.2) is 35.9 Å². The fourth-order valence-corrected chi connectivity index (χ4v) is 2.82. The first-order chi connectivity index (χ1) is 7.70. The number of hydrogen-bond donors (Lipinski definition) is 1. The fraction of sp³-hybridized carbons (Fsp3) is 0.500. The lowest BCUT2D eigenvalue weighted by Crippen LogP contribution is -2.35. The molecule has 1 N–H and O–H groups in total. The highest BCUT2D eigenvalue weighted by Crippen LogP contribution is 2.33. The van der Waals surface area contributed by atoms with Crippen LogP contribution in [0.3, 0.4) is 0 Å². The normalized spacial score (nSPS) is 21.8. The molecule has 0 aromatic carbocycles. The highest BCUT2D eigenvalue weighted by Gasteiger charge is 2.28. The molecule has 0 aliphatic carbocycles. The third kappa shape index (κ3) is 2.31. The molecule has 1 atom stereocenters. The van der Waals surface area contributed by atoms with Gasteiger partial charge in [0.1, 0.15) is 0 Å². The summed E-state index contributed by atoms with van der Waals surface area (Å²) in [5.74, 6) is 0. The van der Waals surface area contributed by atoms with Gasteiger partial charge in [-0.3, -0.25) is 4.90 Å². The van der Waals surface area contributed by atoms with Gasteiger partial charge in [0, 0.05) is 18.7 Å². The molecule has 1 aliphatic heterocycles. The predicted molar refractivity (Wildman–Crippen MR) is 62.2 cm³/mol. The Labute approximate surface area is 102 Å².